The predicted octanol–water partition coefficient (Wildman–Crippen LogP) is 1.67. The number of carbonyl (C=O) groups excluding carboxylic acids is 1. The third kappa shape index (κ3) is 2.78. The van der Waals surface area contributed by atoms with Crippen molar-refractivity contribution in [3.8, 4) is 5.75 Å². The molecule has 1 unspecified atom stereocenters. The van der Waals surface area contributed by atoms with E-state index in [1.807, 2.05) is 22.7 Å². The smallest absolute Gasteiger partial charge is 0.358 e. The topological polar surface area (TPSA) is 64.9 Å². The van der Waals surface area contributed by atoms with Gasteiger partial charge in [-0.15, -0.1) is 0 Å². The molecule has 22 heavy (non-hydrogen) atoms. The summed E-state index contributed by atoms with van der Waals surface area (Å²) >= 11 is 0. The van der Waals surface area contributed by atoms with Crippen LogP contribution in [0.15, 0.2) is 18.3 Å². The van der Waals surface area contributed by atoms with Gasteiger partial charge in [-0.2, -0.15) is 0 Å². The first-order chi connectivity index (χ1) is 10.7. The number of imidazole rings is 1. The first-order valence-electron chi connectivity index (χ1n) is 7.57. The van der Waals surface area contributed by atoms with Gasteiger partial charge in [0.25, 0.3) is 0 Å². The van der Waals surface area contributed by atoms with E-state index in [1.54, 1.807) is 7.11 Å². The molecule has 0 amide bonds. The van der Waals surface area contributed by atoms with Crippen LogP contribution in [0.2, 0.25) is 0 Å². The van der Waals surface area contributed by atoms with Gasteiger partial charge in [0, 0.05) is 6.42 Å². The SMILES string of the molecule is COC(=O)c1nc(CC2CCCNC2)n2cc(OC)ccc12. The molecular weight excluding hydrogens is 282 g/mol. The van der Waals surface area contributed by atoms with Gasteiger partial charge in [-0.05, 0) is 44.0 Å². The number of methoxy groups -OCH3 is 2. The summed E-state index contributed by atoms with van der Waals surface area (Å²) in [6.45, 7) is 2.08. The van der Waals surface area contributed by atoms with Crippen molar-refractivity contribution in [3.63, 3.8) is 0 Å². The van der Waals surface area contributed by atoms with Crippen molar-refractivity contribution in [2.75, 3.05) is 27.3 Å². The fraction of sp³-hybridized carbons (Fsp3) is 0.500. The second kappa shape index (κ2) is 6.36. The number of aromatic nitrogens is 2. The molecule has 1 saturated heterocycles. The molecule has 3 heterocycles. The Morgan fingerprint density at radius 1 is 1.45 bits per heavy atom. The molecule has 6 heteroatoms. The lowest BCUT2D eigenvalue weighted by Crippen LogP contribution is -2.31. The minimum absolute atomic E-state index is 0.365. The first-order valence-corrected chi connectivity index (χ1v) is 7.57. The average Bonchev–Trinajstić information content (AvgIpc) is 2.93. The van der Waals surface area contributed by atoms with Crippen LogP contribution in [0.25, 0.3) is 5.52 Å². The van der Waals surface area contributed by atoms with Gasteiger partial charge in [0.15, 0.2) is 5.69 Å². The van der Waals surface area contributed by atoms with Crippen LogP contribution in [0, 0.1) is 5.92 Å². The Bertz CT molecular complexity index is 675. The Kier molecular flexibility index (Phi) is 4.29. The summed E-state index contributed by atoms with van der Waals surface area (Å²) in [4.78, 5) is 16.5. The molecule has 1 N–H and O–H groups in total. The Morgan fingerprint density at radius 3 is 3.00 bits per heavy atom. The maximum atomic E-state index is 11.9. The number of piperidine rings is 1. The van der Waals surface area contributed by atoms with Crippen LogP contribution in [-0.4, -0.2) is 42.7 Å². The van der Waals surface area contributed by atoms with Gasteiger partial charge in [0.1, 0.15) is 11.6 Å². The van der Waals surface area contributed by atoms with Gasteiger partial charge in [0.2, 0.25) is 0 Å². The third-order valence-electron chi connectivity index (χ3n) is 4.17. The van der Waals surface area contributed by atoms with Crippen LogP contribution >= 0.6 is 0 Å². The van der Waals surface area contributed by atoms with Crippen LogP contribution in [0.1, 0.15) is 29.2 Å². The fourth-order valence-corrected chi connectivity index (χ4v) is 3.00. The van der Waals surface area contributed by atoms with Crippen LogP contribution in [0.4, 0.5) is 0 Å². The zero-order chi connectivity index (χ0) is 15.5. The van der Waals surface area contributed by atoms with Crippen LogP contribution in [0.3, 0.4) is 0 Å². The summed E-state index contributed by atoms with van der Waals surface area (Å²) in [5.74, 6) is 1.75. The molecule has 1 atom stereocenters. The average molecular weight is 303 g/mol. The standard InChI is InChI=1S/C16H21N3O3/c1-21-12-5-6-13-15(16(20)22-2)18-14(19(13)10-12)8-11-4-3-7-17-9-11/h5-6,10-11,17H,3-4,7-9H2,1-2H3. The van der Waals surface area contributed by atoms with Gasteiger partial charge in [-0.1, -0.05) is 0 Å². The normalized spacial score (nSPS) is 18.4. The van der Waals surface area contributed by atoms with Gasteiger partial charge in [-0.25, -0.2) is 9.78 Å². The van der Waals surface area contributed by atoms with E-state index in [-0.39, 0.29) is 0 Å². The molecule has 118 valence electrons. The minimum Gasteiger partial charge on any atom is -0.495 e. The number of rotatable bonds is 4. The second-order valence-corrected chi connectivity index (χ2v) is 5.61. The van der Waals surface area contributed by atoms with Crippen LogP contribution < -0.4 is 10.1 Å². The molecule has 1 aliphatic rings. The van der Waals surface area contributed by atoms with E-state index in [0.29, 0.717) is 11.6 Å². The molecule has 0 aromatic carbocycles. The summed E-state index contributed by atoms with van der Waals surface area (Å²) in [5.41, 5.74) is 1.12. The highest BCUT2D eigenvalue weighted by Gasteiger charge is 2.21. The number of nitrogens with one attached hydrogen (secondary N) is 1. The van der Waals surface area contributed by atoms with Crippen molar-refractivity contribution < 1.29 is 14.3 Å². The zero-order valence-corrected chi connectivity index (χ0v) is 13.0. The van der Waals surface area contributed by atoms with E-state index >= 15 is 0 Å². The van der Waals surface area contributed by atoms with E-state index in [4.69, 9.17) is 9.47 Å². The first kappa shape index (κ1) is 14.8. The maximum absolute atomic E-state index is 11.9. The van der Waals surface area contributed by atoms with Crippen molar-refractivity contribution >= 4 is 11.5 Å². The molecule has 0 bridgehead atoms. The number of esters is 1. The molecule has 2 aromatic heterocycles. The highest BCUT2D eigenvalue weighted by molar-refractivity contribution is 5.95. The highest BCUT2D eigenvalue weighted by atomic mass is 16.5. The quantitative estimate of drug-likeness (QED) is 0.871. The van der Waals surface area contributed by atoms with Gasteiger partial charge >= 0.3 is 5.97 Å². The molecule has 0 spiro atoms. The molecule has 0 radical (unpaired) electrons. The summed E-state index contributed by atoms with van der Waals surface area (Å²) in [6, 6.07) is 3.68. The molecular formula is C16H21N3O3. The lowest BCUT2D eigenvalue weighted by Gasteiger charge is -2.22. The van der Waals surface area contributed by atoms with Crippen molar-refractivity contribution in [2.24, 2.45) is 5.92 Å². The largest absolute Gasteiger partial charge is 0.495 e. The van der Waals surface area contributed by atoms with E-state index in [1.165, 1.54) is 20.0 Å². The van der Waals surface area contributed by atoms with E-state index in [9.17, 15) is 4.79 Å². The Hall–Kier alpha value is -2.08. The number of ether oxygens (including phenoxy) is 2. The lowest BCUT2D eigenvalue weighted by atomic mass is 9.96. The monoisotopic (exact) mass is 303 g/mol. The van der Waals surface area contributed by atoms with Gasteiger partial charge in [-0.3, -0.25) is 4.40 Å². The molecule has 6 nitrogen and oxygen atoms in total. The van der Waals surface area contributed by atoms with E-state index < -0.39 is 5.97 Å². The maximum Gasteiger partial charge on any atom is 0.358 e. The van der Waals surface area contributed by atoms with Gasteiger partial charge in [0.05, 0.1) is 25.9 Å². The number of hydrogen-bond donors (Lipinski definition) is 1. The Morgan fingerprint density at radius 2 is 2.32 bits per heavy atom. The number of hydrogen-bond acceptors (Lipinski definition) is 5. The Balaban J connectivity index is 2.01. The van der Waals surface area contributed by atoms with E-state index in [2.05, 4.69) is 10.3 Å². The predicted molar refractivity (Wildman–Crippen MR) is 82.4 cm³/mol. The van der Waals surface area contributed by atoms with Crippen LogP contribution in [0.5, 0.6) is 5.75 Å². The number of fused-ring (bicyclic) bond motifs is 1. The molecule has 2 aromatic rings. The molecule has 0 aliphatic carbocycles. The molecule has 1 fully saturated rings. The third-order valence-corrected chi connectivity index (χ3v) is 4.17. The lowest BCUT2D eigenvalue weighted by molar-refractivity contribution is 0.0596. The van der Waals surface area contributed by atoms with Crippen LogP contribution in [-0.2, 0) is 11.2 Å². The highest BCUT2D eigenvalue weighted by Crippen LogP contribution is 2.22. The number of carbonyl (C=O) groups is 1. The molecule has 0 saturated carbocycles. The number of pyridine rings is 1. The van der Waals surface area contributed by atoms with E-state index in [0.717, 1.165) is 36.6 Å². The summed E-state index contributed by atoms with van der Waals surface area (Å²) in [5, 5.41) is 3.41. The zero-order valence-electron chi connectivity index (χ0n) is 13.0. The number of nitrogens with zero attached hydrogens (tertiary/aromatic N) is 2. The van der Waals surface area contributed by atoms with Gasteiger partial charge < -0.3 is 14.8 Å². The Labute approximate surface area is 129 Å². The van der Waals surface area contributed by atoms with Crippen molar-refractivity contribution in [3.05, 3.63) is 29.8 Å². The summed E-state index contributed by atoms with van der Waals surface area (Å²) in [6.07, 6.45) is 5.07. The van der Waals surface area contributed by atoms with Crippen molar-refractivity contribution in [2.45, 2.75) is 19.3 Å². The van der Waals surface area contributed by atoms with Crippen molar-refractivity contribution in [1.82, 2.24) is 14.7 Å². The molecule has 3 rings (SSSR count). The molecule has 1 aliphatic heterocycles. The second-order valence-electron chi connectivity index (χ2n) is 5.61. The fourth-order valence-electron chi connectivity index (χ4n) is 3.00. The minimum atomic E-state index is -0.407. The van der Waals surface area contributed by atoms with Crippen molar-refractivity contribution in [1.29, 1.82) is 0 Å². The summed E-state index contributed by atoms with van der Waals surface area (Å²) in [7, 11) is 3.01. The summed E-state index contributed by atoms with van der Waals surface area (Å²) < 4.78 is 12.1.